The van der Waals surface area contributed by atoms with E-state index in [0.29, 0.717) is 11.3 Å². The second kappa shape index (κ2) is 2.71. The van der Waals surface area contributed by atoms with Gasteiger partial charge in [0.05, 0.1) is 0 Å². The maximum Gasteiger partial charge on any atom is 0.0334 e. The molecule has 1 heterocycles. The van der Waals surface area contributed by atoms with Crippen molar-refractivity contribution >= 4 is 11.8 Å². The van der Waals surface area contributed by atoms with Crippen molar-refractivity contribution in [2.45, 2.75) is 24.6 Å². The summed E-state index contributed by atoms with van der Waals surface area (Å²) in [5.41, 5.74) is 2.79. The van der Waals surface area contributed by atoms with Crippen LogP contribution in [0.1, 0.15) is 13.3 Å². The molecule has 1 rings (SSSR count). The number of nitrogens with two attached hydrogens (primary N) is 1. The summed E-state index contributed by atoms with van der Waals surface area (Å²) in [5.74, 6) is 6.52. The first-order valence-electron chi connectivity index (χ1n) is 2.92. The third-order valence-electron chi connectivity index (χ3n) is 1.59. The maximum atomic E-state index is 5.26. The fraction of sp³-hybridized carbons (Fsp3) is 1.00. The van der Waals surface area contributed by atoms with Gasteiger partial charge in [0, 0.05) is 11.3 Å². The van der Waals surface area contributed by atoms with Crippen molar-refractivity contribution < 1.29 is 0 Å². The molecule has 0 aliphatic carbocycles. The largest absolute Gasteiger partial charge is 0.271 e. The van der Waals surface area contributed by atoms with Gasteiger partial charge in [-0.15, -0.1) is 0 Å². The molecule has 1 aliphatic heterocycles. The fourth-order valence-electron chi connectivity index (χ4n) is 0.951. The standard InChI is InChI=1S/C5H12N2S/c1-4-5(7-6)2-3-8-4/h4-5,7H,2-3,6H2,1H3/t4-,5-/m0/s1. The third kappa shape index (κ3) is 1.16. The predicted octanol–water partition coefficient (Wildman–Crippen LogP) is 0.344. The van der Waals surface area contributed by atoms with E-state index in [1.807, 2.05) is 11.8 Å². The number of hydrogen-bond donors (Lipinski definition) is 2. The molecule has 0 aromatic rings. The SMILES string of the molecule is C[C@@H]1SCC[C@@H]1NN. The van der Waals surface area contributed by atoms with E-state index in [1.165, 1.54) is 12.2 Å². The number of nitrogens with one attached hydrogen (secondary N) is 1. The normalized spacial score (nSPS) is 38.2. The monoisotopic (exact) mass is 132 g/mol. The zero-order valence-corrected chi connectivity index (χ0v) is 5.87. The lowest BCUT2D eigenvalue weighted by Crippen LogP contribution is -2.38. The molecular weight excluding hydrogens is 120 g/mol. The number of hydrogen-bond acceptors (Lipinski definition) is 3. The van der Waals surface area contributed by atoms with Crippen LogP contribution in [0.25, 0.3) is 0 Å². The van der Waals surface area contributed by atoms with E-state index in [0.717, 1.165) is 0 Å². The molecule has 0 aromatic heterocycles. The van der Waals surface area contributed by atoms with E-state index in [2.05, 4.69) is 12.3 Å². The molecule has 48 valence electrons. The van der Waals surface area contributed by atoms with Crippen LogP contribution in [0.2, 0.25) is 0 Å². The van der Waals surface area contributed by atoms with Gasteiger partial charge in [-0.2, -0.15) is 11.8 Å². The molecule has 3 heteroatoms. The van der Waals surface area contributed by atoms with Crippen molar-refractivity contribution in [3.05, 3.63) is 0 Å². The van der Waals surface area contributed by atoms with Crippen molar-refractivity contribution in [1.82, 2.24) is 5.43 Å². The summed E-state index contributed by atoms with van der Waals surface area (Å²) in [6.45, 7) is 2.21. The Morgan fingerprint density at radius 3 is 2.75 bits per heavy atom. The third-order valence-corrected chi connectivity index (χ3v) is 2.92. The molecular formula is C5H12N2S. The van der Waals surface area contributed by atoms with Crippen molar-refractivity contribution in [3.8, 4) is 0 Å². The Balaban J connectivity index is 2.30. The van der Waals surface area contributed by atoms with Crippen LogP contribution in [-0.4, -0.2) is 17.0 Å². The lowest BCUT2D eigenvalue weighted by molar-refractivity contribution is 0.531. The van der Waals surface area contributed by atoms with Gasteiger partial charge in [0.2, 0.25) is 0 Å². The predicted molar refractivity (Wildman–Crippen MR) is 37.6 cm³/mol. The quantitative estimate of drug-likeness (QED) is 0.399. The molecule has 0 bridgehead atoms. The first-order chi connectivity index (χ1) is 3.84. The Kier molecular flexibility index (Phi) is 2.16. The Labute approximate surface area is 54.2 Å². The van der Waals surface area contributed by atoms with Crippen molar-refractivity contribution in [1.29, 1.82) is 0 Å². The summed E-state index contributed by atoms with van der Waals surface area (Å²) in [5, 5.41) is 0.708. The summed E-state index contributed by atoms with van der Waals surface area (Å²) >= 11 is 1.99. The molecule has 0 radical (unpaired) electrons. The molecule has 2 atom stereocenters. The van der Waals surface area contributed by atoms with Gasteiger partial charge < -0.3 is 0 Å². The van der Waals surface area contributed by atoms with E-state index in [1.54, 1.807) is 0 Å². The van der Waals surface area contributed by atoms with Gasteiger partial charge in [-0.25, -0.2) is 0 Å². The van der Waals surface area contributed by atoms with Crippen LogP contribution < -0.4 is 11.3 Å². The van der Waals surface area contributed by atoms with Gasteiger partial charge in [0.25, 0.3) is 0 Å². The van der Waals surface area contributed by atoms with Crippen LogP contribution in [0.15, 0.2) is 0 Å². The highest BCUT2D eigenvalue weighted by Crippen LogP contribution is 2.25. The molecule has 1 saturated heterocycles. The van der Waals surface area contributed by atoms with Gasteiger partial charge in [-0.1, -0.05) is 6.92 Å². The van der Waals surface area contributed by atoms with Crippen LogP contribution in [0.4, 0.5) is 0 Å². The van der Waals surface area contributed by atoms with E-state index in [-0.39, 0.29) is 0 Å². The topological polar surface area (TPSA) is 38.0 Å². The minimum Gasteiger partial charge on any atom is -0.271 e. The molecule has 0 unspecified atom stereocenters. The summed E-state index contributed by atoms with van der Waals surface area (Å²) in [6.07, 6.45) is 1.22. The summed E-state index contributed by atoms with van der Waals surface area (Å²) in [7, 11) is 0. The van der Waals surface area contributed by atoms with Gasteiger partial charge >= 0.3 is 0 Å². The lowest BCUT2D eigenvalue weighted by atomic mass is 10.2. The molecule has 0 amide bonds. The van der Waals surface area contributed by atoms with Crippen LogP contribution in [0, 0.1) is 0 Å². The average Bonchev–Trinajstić information content (AvgIpc) is 2.14. The zero-order valence-electron chi connectivity index (χ0n) is 5.05. The Morgan fingerprint density at radius 2 is 2.50 bits per heavy atom. The van der Waals surface area contributed by atoms with Crippen LogP contribution in [-0.2, 0) is 0 Å². The Bertz CT molecular complexity index is 76.8. The summed E-state index contributed by atoms with van der Waals surface area (Å²) < 4.78 is 0. The lowest BCUT2D eigenvalue weighted by Gasteiger charge is -2.10. The van der Waals surface area contributed by atoms with Crippen LogP contribution in [0.5, 0.6) is 0 Å². The van der Waals surface area contributed by atoms with Crippen molar-refractivity contribution in [2.24, 2.45) is 5.84 Å². The second-order valence-electron chi connectivity index (χ2n) is 2.14. The number of rotatable bonds is 1. The fourth-order valence-corrected chi connectivity index (χ4v) is 2.16. The van der Waals surface area contributed by atoms with E-state index in [4.69, 9.17) is 5.84 Å². The number of thioether (sulfide) groups is 1. The molecule has 1 fully saturated rings. The molecule has 0 aromatic carbocycles. The highest BCUT2D eigenvalue weighted by Gasteiger charge is 2.21. The average molecular weight is 132 g/mol. The van der Waals surface area contributed by atoms with E-state index in [9.17, 15) is 0 Å². The van der Waals surface area contributed by atoms with Crippen molar-refractivity contribution in [2.75, 3.05) is 5.75 Å². The Morgan fingerprint density at radius 1 is 1.75 bits per heavy atom. The highest BCUT2D eigenvalue weighted by atomic mass is 32.2. The van der Waals surface area contributed by atoms with Gasteiger partial charge in [0.15, 0.2) is 0 Å². The molecule has 1 aliphatic rings. The smallest absolute Gasteiger partial charge is 0.0334 e. The van der Waals surface area contributed by atoms with E-state index >= 15 is 0 Å². The van der Waals surface area contributed by atoms with Gasteiger partial charge in [0.1, 0.15) is 0 Å². The Hall–Kier alpha value is 0.270. The van der Waals surface area contributed by atoms with Crippen molar-refractivity contribution in [3.63, 3.8) is 0 Å². The minimum atomic E-state index is 0.556. The maximum absolute atomic E-state index is 5.26. The van der Waals surface area contributed by atoms with Crippen LogP contribution in [0.3, 0.4) is 0 Å². The highest BCUT2D eigenvalue weighted by molar-refractivity contribution is 8.00. The zero-order chi connectivity index (χ0) is 5.98. The first-order valence-corrected chi connectivity index (χ1v) is 3.97. The number of hydrazine groups is 1. The van der Waals surface area contributed by atoms with E-state index < -0.39 is 0 Å². The summed E-state index contributed by atoms with van der Waals surface area (Å²) in [6, 6.07) is 0.556. The molecule has 8 heavy (non-hydrogen) atoms. The van der Waals surface area contributed by atoms with Gasteiger partial charge in [-0.3, -0.25) is 11.3 Å². The second-order valence-corrected chi connectivity index (χ2v) is 3.62. The molecule has 0 spiro atoms. The molecule has 3 N–H and O–H groups in total. The molecule has 2 nitrogen and oxygen atoms in total. The molecule has 0 saturated carbocycles. The van der Waals surface area contributed by atoms with Crippen LogP contribution >= 0.6 is 11.8 Å². The summed E-state index contributed by atoms with van der Waals surface area (Å²) in [4.78, 5) is 0. The van der Waals surface area contributed by atoms with Gasteiger partial charge in [-0.05, 0) is 12.2 Å². The first kappa shape index (κ1) is 6.39. The minimum absolute atomic E-state index is 0.556.